The molecule has 0 saturated carbocycles. The van der Waals surface area contributed by atoms with Gasteiger partial charge in [-0.1, -0.05) is 5.16 Å². The van der Waals surface area contributed by atoms with Crippen LogP contribution in [0.1, 0.15) is 5.82 Å². The molecule has 0 aliphatic heterocycles. The Kier molecular flexibility index (Phi) is 3.58. The molecule has 0 saturated heterocycles. The molecule has 0 atom stereocenters. The Morgan fingerprint density at radius 1 is 1.24 bits per heavy atom. The largest absolute Gasteiger partial charge is 0.334 e. The summed E-state index contributed by atoms with van der Waals surface area (Å²) >= 11 is 7.70. The second kappa shape index (κ2) is 5.67. The van der Waals surface area contributed by atoms with Crippen molar-refractivity contribution >= 4 is 34.1 Å². The summed E-state index contributed by atoms with van der Waals surface area (Å²) in [6.45, 7) is 0.0937. The van der Waals surface area contributed by atoms with E-state index in [1.807, 2.05) is 16.8 Å². The first-order valence-electron chi connectivity index (χ1n) is 7.14. The van der Waals surface area contributed by atoms with Gasteiger partial charge in [0, 0.05) is 19.5 Å². The standard InChI is InChI=1S/C14H11ClN6O3S/c1-19-10-9(12(22)20(2)14(19)23)21(13(15)17-10)5-8-16-11(24-18-8)7-3-4-25-6-7/h3-4,6H,5H2,1-2H3. The average Bonchev–Trinajstić information content (AvgIpc) is 3.32. The van der Waals surface area contributed by atoms with Crippen LogP contribution in [0.2, 0.25) is 5.28 Å². The van der Waals surface area contributed by atoms with E-state index in [1.54, 1.807) is 0 Å². The van der Waals surface area contributed by atoms with Crippen molar-refractivity contribution in [3.63, 3.8) is 0 Å². The summed E-state index contributed by atoms with van der Waals surface area (Å²) in [4.78, 5) is 32.9. The summed E-state index contributed by atoms with van der Waals surface area (Å²) in [7, 11) is 2.93. The van der Waals surface area contributed by atoms with E-state index in [-0.39, 0.29) is 23.0 Å². The van der Waals surface area contributed by atoms with Gasteiger partial charge in [0.2, 0.25) is 5.28 Å². The summed E-state index contributed by atoms with van der Waals surface area (Å²) in [6, 6.07) is 1.87. The summed E-state index contributed by atoms with van der Waals surface area (Å²) in [6.07, 6.45) is 0. The Morgan fingerprint density at radius 2 is 2.04 bits per heavy atom. The number of hydrogen-bond acceptors (Lipinski definition) is 7. The van der Waals surface area contributed by atoms with E-state index in [0.717, 1.165) is 10.1 Å². The number of aryl methyl sites for hydroxylation is 1. The van der Waals surface area contributed by atoms with Crippen molar-refractivity contribution in [3.05, 3.63) is 48.8 Å². The predicted octanol–water partition coefficient (Wildman–Crippen LogP) is 1.25. The van der Waals surface area contributed by atoms with Gasteiger partial charge in [0.1, 0.15) is 0 Å². The molecular weight excluding hydrogens is 368 g/mol. The molecule has 0 fully saturated rings. The van der Waals surface area contributed by atoms with Crippen molar-refractivity contribution in [3.8, 4) is 11.5 Å². The Balaban J connectivity index is 1.84. The first kappa shape index (κ1) is 15.8. The van der Waals surface area contributed by atoms with E-state index in [1.165, 1.54) is 34.6 Å². The lowest BCUT2D eigenvalue weighted by molar-refractivity contribution is 0.421. The fourth-order valence-electron chi connectivity index (χ4n) is 2.53. The van der Waals surface area contributed by atoms with E-state index in [4.69, 9.17) is 16.1 Å². The van der Waals surface area contributed by atoms with Gasteiger partial charge in [0.25, 0.3) is 11.4 Å². The maximum absolute atomic E-state index is 12.5. The maximum atomic E-state index is 12.5. The van der Waals surface area contributed by atoms with Gasteiger partial charge in [-0.15, -0.1) is 0 Å². The quantitative estimate of drug-likeness (QED) is 0.497. The molecule has 25 heavy (non-hydrogen) atoms. The lowest BCUT2D eigenvalue weighted by Gasteiger charge is -2.05. The highest BCUT2D eigenvalue weighted by Crippen LogP contribution is 2.21. The van der Waals surface area contributed by atoms with Gasteiger partial charge in [0.15, 0.2) is 17.0 Å². The molecule has 4 rings (SSSR count). The van der Waals surface area contributed by atoms with Gasteiger partial charge in [0.05, 0.1) is 12.1 Å². The van der Waals surface area contributed by atoms with Gasteiger partial charge in [-0.05, 0) is 23.0 Å². The van der Waals surface area contributed by atoms with Gasteiger partial charge < -0.3 is 9.09 Å². The first-order chi connectivity index (χ1) is 12.0. The van der Waals surface area contributed by atoms with E-state index in [2.05, 4.69) is 15.1 Å². The van der Waals surface area contributed by atoms with Crippen LogP contribution in [-0.4, -0.2) is 28.8 Å². The smallest absolute Gasteiger partial charge is 0.332 e. The molecule has 0 unspecified atom stereocenters. The van der Waals surface area contributed by atoms with Crippen molar-refractivity contribution in [2.24, 2.45) is 14.1 Å². The second-order valence-electron chi connectivity index (χ2n) is 5.37. The summed E-state index contributed by atoms with van der Waals surface area (Å²) in [5, 5.41) is 7.78. The minimum atomic E-state index is -0.487. The van der Waals surface area contributed by atoms with E-state index < -0.39 is 11.2 Å². The van der Waals surface area contributed by atoms with Crippen molar-refractivity contribution in [1.29, 1.82) is 0 Å². The number of fused-ring (bicyclic) bond motifs is 1. The molecule has 0 aliphatic carbocycles. The van der Waals surface area contributed by atoms with Gasteiger partial charge >= 0.3 is 5.69 Å². The number of rotatable bonds is 3. The van der Waals surface area contributed by atoms with Gasteiger partial charge in [-0.3, -0.25) is 13.9 Å². The molecule has 0 aromatic carbocycles. The predicted molar refractivity (Wildman–Crippen MR) is 91.9 cm³/mol. The van der Waals surface area contributed by atoms with Gasteiger partial charge in [-0.25, -0.2) is 4.79 Å². The monoisotopic (exact) mass is 378 g/mol. The highest BCUT2D eigenvalue weighted by Gasteiger charge is 2.20. The molecule has 0 aliphatic rings. The molecule has 128 valence electrons. The second-order valence-corrected chi connectivity index (χ2v) is 6.49. The molecule has 4 heterocycles. The zero-order valence-corrected chi connectivity index (χ0v) is 14.7. The van der Waals surface area contributed by atoms with E-state index in [0.29, 0.717) is 11.7 Å². The minimum absolute atomic E-state index is 0.0650. The van der Waals surface area contributed by atoms with Crippen LogP contribution < -0.4 is 11.2 Å². The Bertz CT molecular complexity index is 1200. The number of nitrogens with zero attached hydrogens (tertiary/aromatic N) is 6. The Labute approximate surface area is 148 Å². The number of aromatic nitrogens is 6. The van der Waals surface area contributed by atoms with Crippen LogP contribution in [0.15, 0.2) is 30.9 Å². The highest BCUT2D eigenvalue weighted by atomic mass is 35.5. The maximum Gasteiger partial charge on any atom is 0.332 e. The van der Waals surface area contributed by atoms with Crippen LogP contribution in [0.5, 0.6) is 0 Å². The zero-order chi connectivity index (χ0) is 17.7. The summed E-state index contributed by atoms with van der Waals surface area (Å²) < 4.78 is 8.97. The number of halogens is 1. The van der Waals surface area contributed by atoms with Crippen LogP contribution in [0.25, 0.3) is 22.6 Å². The van der Waals surface area contributed by atoms with Crippen LogP contribution in [0, 0.1) is 0 Å². The number of imidazole rings is 1. The van der Waals surface area contributed by atoms with Crippen molar-refractivity contribution < 1.29 is 4.52 Å². The molecule has 9 nitrogen and oxygen atoms in total. The topological polar surface area (TPSA) is 101 Å². The molecular formula is C14H11ClN6O3S. The van der Waals surface area contributed by atoms with Gasteiger partial charge in [-0.2, -0.15) is 21.3 Å². The summed E-state index contributed by atoms with van der Waals surface area (Å²) in [5.74, 6) is 0.732. The van der Waals surface area contributed by atoms with Crippen LogP contribution in [0.3, 0.4) is 0 Å². The molecule has 0 N–H and O–H groups in total. The molecule has 11 heteroatoms. The minimum Gasteiger partial charge on any atom is -0.334 e. The number of thiophene rings is 1. The number of hydrogen-bond donors (Lipinski definition) is 0. The Hall–Kier alpha value is -2.72. The van der Waals surface area contributed by atoms with Crippen LogP contribution in [-0.2, 0) is 20.6 Å². The van der Waals surface area contributed by atoms with Crippen molar-refractivity contribution in [2.45, 2.75) is 6.54 Å². The lowest BCUT2D eigenvalue weighted by Crippen LogP contribution is -2.37. The third-order valence-electron chi connectivity index (χ3n) is 3.84. The lowest BCUT2D eigenvalue weighted by atomic mass is 10.3. The van der Waals surface area contributed by atoms with Crippen molar-refractivity contribution in [2.75, 3.05) is 0 Å². The molecule has 4 aromatic rings. The normalized spacial score (nSPS) is 11.5. The molecule has 0 amide bonds. The first-order valence-corrected chi connectivity index (χ1v) is 8.46. The molecule has 0 spiro atoms. The zero-order valence-electron chi connectivity index (χ0n) is 13.1. The van der Waals surface area contributed by atoms with Crippen LogP contribution in [0.4, 0.5) is 0 Å². The Morgan fingerprint density at radius 3 is 2.76 bits per heavy atom. The molecule has 4 aromatic heterocycles. The highest BCUT2D eigenvalue weighted by molar-refractivity contribution is 7.08. The third-order valence-corrected chi connectivity index (χ3v) is 4.81. The van der Waals surface area contributed by atoms with E-state index >= 15 is 0 Å². The third kappa shape index (κ3) is 2.41. The summed E-state index contributed by atoms with van der Waals surface area (Å²) in [5.41, 5.74) is 0.275. The SMILES string of the molecule is Cn1c(=O)c2c(nc(Cl)n2Cc2noc(-c3ccsc3)n2)n(C)c1=O. The fourth-order valence-corrected chi connectivity index (χ4v) is 3.38. The molecule has 0 radical (unpaired) electrons. The molecule has 0 bridgehead atoms. The van der Waals surface area contributed by atoms with E-state index in [9.17, 15) is 9.59 Å². The average molecular weight is 379 g/mol. The van der Waals surface area contributed by atoms with Crippen molar-refractivity contribution in [1.82, 2.24) is 28.8 Å². The van der Waals surface area contributed by atoms with Crippen LogP contribution >= 0.6 is 22.9 Å². The fraction of sp³-hybridized carbons (Fsp3) is 0.214.